The predicted octanol–water partition coefficient (Wildman–Crippen LogP) is 2.31. The summed E-state index contributed by atoms with van der Waals surface area (Å²) >= 11 is 0. The van der Waals surface area contributed by atoms with Gasteiger partial charge in [0.1, 0.15) is 17.3 Å². The van der Waals surface area contributed by atoms with Crippen LogP contribution in [0.4, 0.5) is 16.0 Å². The van der Waals surface area contributed by atoms with Gasteiger partial charge in [-0.15, -0.1) is 0 Å². The molecule has 4 N–H and O–H groups in total. The van der Waals surface area contributed by atoms with Crippen molar-refractivity contribution in [1.29, 1.82) is 0 Å². The number of anilines is 2. The fraction of sp³-hybridized carbons (Fsp3) is 0.393. The van der Waals surface area contributed by atoms with E-state index in [0.717, 1.165) is 5.01 Å². The highest BCUT2D eigenvalue weighted by Gasteiger charge is 2.34. The van der Waals surface area contributed by atoms with Gasteiger partial charge in [0.05, 0.1) is 17.7 Å². The summed E-state index contributed by atoms with van der Waals surface area (Å²) < 4.78 is 23.1. The van der Waals surface area contributed by atoms with Gasteiger partial charge >= 0.3 is 5.69 Å². The van der Waals surface area contributed by atoms with Crippen molar-refractivity contribution in [3.05, 3.63) is 64.9 Å². The second kappa shape index (κ2) is 10.8. The molecule has 2 aliphatic heterocycles. The van der Waals surface area contributed by atoms with Gasteiger partial charge in [0.15, 0.2) is 17.3 Å². The molecule has 216 valence electrons. The van der Waals surface area contributed by atoms with Crippen LogP contribution in [-0.4, -0.2) is 62.1 Å². The van der Waals surface area contributed by atoms with Crippen LogP contribution in [0.1, 0.15) is 45.7 Å². The molecule has 3 aromatic heterocycles. The van der Waals surface area contributed by atoms with Crippen molar-refractivity contribution in [3.63, 3.8) is 0 Å². The fourth-order valence-electron chi connectivity index (χ4n) is 5.34. The Morgan fingerprint density at radius 2 is 1.98 bits per heavy atom. The maximum absolute atomic E-state index is 15.7. The van der Waals surface area contributed by atoms with Crippen molar-refractivity contribution in [1.82, 2.24) is 24.4 Å². The number of amides is 1. The van der Waals surface area contributed by atoms with Crippen molar-refractivity contribution in [2.75, 3.05) is 29.6 Å². The van der Waals surface area contributed by atoms with Crippen LogP contribution in [0.15, 0.2) is 47.7 Å². The standard InChI is InChI=1S/C28H34FN9O3/c1-6-22(39)35-12-17(5)36(13-16(35)4)25-19-11-20(29)27-33-26(19)38(28(40)34-25)24-21(7-9-32-23(24)15(2)3)41-10-8-18(30)14-37(27)31/h6-7,9,11,14-17H,1,8,10,12-13,30-31H2,2-5H3/b18-14-/t16-,17+/m1/s1. The molecule has 0 unspecified atom stereocenters. The number of piperazine rings is 1. The summed E-state index contributed by atoms with van der Waals surface area (Å²) in [7, 11) is 0. The third kappa shape index (κ3) is 4.97. The van der Waals surface area contributed by atoms with Gasteiger partial charge in [-0.2, -0.15) is 4.98 Å². The number of ether oxygens (including phenoxy) is 1. The van der Waals surface area contributed by atoms with Crippen molar-refractivity contribution in [2.45, 2.75) is 52.1 Å². The summed E-state index contributed by atoms with van der Waals surface area (Å²) in [6, 6.07) is 2.48. The van der Waals surface area contributed by atoms with Crippen molar-refractivity contribution < 1.29 is 13.9 Å². The van der Waals surface area contributed by atoms with Gasteiger partial charge in [0.2, 0.25) is 5.91 Å². The first-order valence-electron chi connectivity index (χ1n) is 13.5. The zero-order chi connectivity index (χ0) is 29.6. The molecular formula is C28H34FN9O3. The van der Waals surface area contributed by atoms with E-state index in [2.05, 4.69) is 21.5 Å². The Kier molecular flexibility index (Phi) is 7.39. The highest BCUT2D eigenvalue weighted by Crippen LogP contribution is 2.35. The number of aromatic nitrogens is 4. The number of nitrogens with two attached hydrogens (primary N) is 2. The van der Waals surface area contributed by atoms with E-state index < -0.39 is 11.5 Å². The Labute approximate surface area is 236 Å². The number of nitrogens with zero attached hydrogens (tertiary/aromatic N) is 7. The third-order valence-corrected chi connectivity index (χ3v) is 7.38. The minimum atomic E-state index is -0.720. The molecular weight excluding hydrogens is 529 g/mol. The molecule has 3 aromatic rings. The quantitative estimate of drug-likeness (QED) is 0.359. The average Bonchev–Trinajstić information content (AvgIpc) is 2.92. The first kappa shape index (κ1) is 28.0. The molecule has 1 fully saturated rings. The zero-order valence-corrected chi connectivity index (χ0v) is 23.5. The maximum Gasteiger partial charge on any atom is 0.356 e. The molecule has 2 aliphatic rings. The minimum Gasteiger partial charge on any atom is -0.491 e. The third-order valence-electron chi connectivity index (χ3n) is 7.38. The number of hydrazine groups is 1. The van der Waals surface area contributed by atoms with Gasteiger partial charge < -0.3 is 20.3 Å². The van der Waals surface area contributed by atoms with Gasteiger partial charge in [-0.05, 0) is 31.9 Å². The van der Waals surface area contributed by atoms with Crippen LogP contribution in [0, 0.1) is 5.82 Å². The van der Waals surface area contributed by atoms with Crippen LogP contribution < -0.4 is 31.9 Å². The van der Waals surface area contributed by atoms with Crippen molar-refractivity contribution in [2.24, 2.45) is 11.6 Å². The van der Waals surface area contributed by atoms with Gasteiger partial charge in [-0.1, -0.05) is 20.4 Å². The lowest BCUT2D eigenvalue weighted by Gasteiger charge is -2.44. The average molecular weight is 564 g/mol. The smallest absolute Gasteiger partial charge is 0.356 e. The topological polar surface area (TPSA) is 149 Å². The Balaban J connectivity index is 1.82. The first-order chi connectivity index (χ1) is 19.5. The molecule has 13 heteroatoms. The van der Waals surface area contributed by atoms with Gasteiger partial charge in [-0.3, -0.25) is 14.8 Å². The van der Waals surface area contributed by atoms with Gasteiger partial charge in [-0.25, -0.2) is 24.6 Å². The lowest BCUT2D eigenvalue weighted by atomic mass is 10.1. The Bertz CT molecular complexity index is 1620. The number of hydrogen-bond donors (Lipinski definition) is 2. The van der Waals surface area contributed by atoms with E-state index in [1.807, 2.05) is 32.6 Å². The number of pyridine rings is 2. The molecule has 0 aliphatic carbocycles. The monoisotopic (exact) mass is 563 g/mol. The van der Waals surface area contributed by atoms with Crippen LogP contribution in [0.25, 0.3) is 16.7 Å². The highest BCUT2D eigenvalue weighted by molar-refractivity contribution is 5.91. The highest BCUT2D eigenvalue weighted by atomic mass is 19.1. The number of fused-ring (bicyclic) bond motifs is 3. The summed E-state index contributed by atoms with van der Waals surface area (Å²) in [5.74, 6) is 5.61. The number of hydrogen-bond acceptors (Lipinski definition) is 10. The van der Waals surface area contributed by atoms with E-state index in [1.165, 1.54) is 22.9 Å². The molecule has 41 heavy (non-hydrogen) atoms. The molecule has 1 amide bonds. The molecule has 1 saturated heterocycles. The summed E-state index contributed by atoms with van der Waals surface area (Å²) in [4.78, 5) is 43.6. The predicted molar refractivity (Wildman–Crippen MR) is 154 cm³/mol. The molecule has 2 bridgehead atoms. The number of carbonyl (C=O) groups excluding carboxylic acids is 1. The summed E-state index contributed by atoms with van der Waals surface area (Å²) in [6.07, 6.45) is 4.57. The van der Waals surface area contributed by atoms with E-state index in [0.29, 0.717) is 47.7 Å². The summed E-state index contributed by atoms with van der Waals surface area (Å²) in [5.41, 5.74) is 6.93. The van der Waals surface area contributed by atoms with E-state index in [4.69, 9.17) is 16.3 Å². The Morgan fingerprint density at radius 3 is 2.68 bits per heavy atom. The SMILES string of the molecule is C=CC(=O)N1C[C@H](C)N(c2nc(=O)n3c4nc(c(F)cc24)N(N)/C=C(\N)CCOc2ccnc(C(C)C)c2-3)C[C@H]1C. The van der Waals surface area contributed by atoms with Crippen LogP contribution in [0.2, 0.25) is 0 Å². The minimum absolute atomic E-state index is 0.102. The number of carbonyl (C=O) groups is 1. The lowest BCUT2D eigenvalue weighted by molar-refractivity contribution is -0.128. The molecule has 12 nitrogen and oxygen atoms in total. The first-order valence-corrected chi connectivity index (χ1v) is 13.5. The number of rotatable bonds is 3. The maximum atomic E-state index is 15.7. The summed E-state index contributed by atoms with van der Waals surface area (Å²) in [5, 5.41) is 1.29. The normalized spacial score (nSPS) is 20.7. The van der Waals surface area contributed by atoms with Gasteiger partial charge in [0, 0.05) is 55.8 Å². The second-order valence-electron chi connectivity index (χ2n) is 10.7. The second-order valence-corrected chi connectivity index (χ2v) is 10.7. The lowest BCUT2D eigenvalue weighted by Crippen LogP contribution is -2.58. The molecule has 0 saturated carbocycles. The van der Waals surface area contributed by atoms with Crippen molar-refractivity contribution in [3.8, 4) is 11.4 Å². The van der Waals surface area contributed by atoms with Crippen LogP contribution in [0.3, 0.4) is 0 Å². The largest absolute Gasteiger partial charge is 0.491 e. The molecule has 2 atom stereocenters. The van der Waals surface area contributed by atoms with Gasteiger partial charge in [0.25, 0.3) is 0 Å². The summed E-state index contributed by atoms with van der Waals surface area (Å²) in [6.45, 7) is 12.2. The van der Waals surface area contributed by atoms with E-state index in [9.17, 15) is 9.59 Å². The Morgan fingerprint density at radius 1 is 1.22 bits per heavy atom. The van der Waals surface area contributed by atoms with Crippen molar-refractivity contribution >= 4 is 28.6 Å². The molecule has 0 spiro atoms. The van der Waals surface area contributed by atoms with Crippen LogP contribution >= 0.6 is 0 Å². The van der Waals surface area contributed by atoms with Crippen LogP contribution in [0.5, 0.6) is 5.75 Å². The molecule has 5 rings (SSSR count). The Hall–Kier alpha value is -4.52. The van der Waals surface area contributed by atoms with E-state index in [1.54, 1.807) is 17.2 Å². The molecule has 0 radical (unpaired) electrons. The number of halogens is 1. The zero-order valence-electron chi connectivity index (χ0n) is 23.5. The fourth-order valence-corrected chi connectivity index (χ4v) is 5.34. The van der Waals surface area contributed by atoms with E-state index in [-0.39, 0.29) is 47.8 Å². The molecule has 0 aromatic carbocycles. The van der Waals surface area contributed by atoms with Crippen LogP contribution in [-0.2, 0) is 4.79 Å². The van der Waals surface area contributed by atoms with E-state index >= 15 is 4.39 Å². The molecule has 5 heterocycles.